The van der Waals surface area contributed by atoms with Gasteiger partial charge in [0.2, 0.25) is 0 Å². The Morgan fingerprint density at radius 1 is 1.05 bits per heavy atom. The fourth-order valence-electron chi connectivity index (χ4n) is 2.03. The Bertz CT molecular complexity index is 452. The summed E-state index contributed by atoms with van der Waals surface area (Å²) < 4.78 is 10.4. The normalized spacial score (nSPS) is 10.1. The molecule has 0 fully saturated rings. The second-order valence-corrected chi connectivity index (χ2v) is 4.94. The maximum absolute atomic E-state index is 11.7. The third kappa shape index (κ3) is 6.67. The zero-order valence-corrected chi connectivity index (χ0v) is 13.4. The molecule has 0 saturated carbocycles. The van der Waals surface area contributed by atoms with Crippen molar-refractivity contribution in [3.8, 4) is 11.5 Å². The van der Waals surface area contributed by atoms with Gasteiger partial charge in [0.05, 0.1) is 14.2 Å². The Morgan fingerprint density at radius 3 is 2.45 bits per heavy atom. The first-order chi connectivity index (χ1) is 10.7. The highest BCUT2D eigenvalue weighted by Crippen LogP contribution is 2.27. The Balaban J connectivity index is 2.26. The monoisotopic (exact) mass is 310 g/mol. The van der Waals surface area contributed by atoms with Gasteiger partial charge in [0.1, 0.15) is 0 Å². The summed E-state index contributed by atoms with van der Waals surface area (Å²) in [7, 11) is 3.17. The van der Waals surface area contributed by atoms with Crippen LogP contribution < -0.4 is 20.1 Å². The molecule has 6 heteroatoms. The highest BCUT2D eigenvalue weighted by molar-refractivity contribution is 5.73. The lowest BCUT2D eigenvalue weighted by molar-refractivity contribution is 0.240. The average Bonchev–Trinajstić information content (AvgIpc) is 2.55. The highest BCUT2D eigenvalue weighted by atomic mass is 16.5. The molecule has 0 atom stereocenters. The van der Waals surface area contributed by atoms with Crippen molar-refractivity contribution < 1.29 is 19.4 Å². The van der Waals surface area contributed by atoms with Crippen LogP contribution in [0.2, 0.25) is 0 Å². The number of hydrogen-bond acceptors (Lipinski definition) is 4. The number of carbonyl (C=O) groups is 1. The van der Waals surface area contributed by atoms with Crippen molar-refractivity contribution in [2.75, 3.05) is 27.4 Å². The number of unbranched alkanes of at least 4 members (excludes halogenated alkanes) is 3. The minimum absolute atomic E-state index is 0.183. The largest absolute Gasteiger partial charge is 0.493 e. The van der Waals surface area contributed by atoms with Gasteiger partial charge in [-0.3, -0.25) is 0 Å². The number of aliphatic hydroxyl groups is 1. The maximum Gasteiger partial charge on any atom is 0.315 e. The van der Waals surface area contributed by atoms with Crippen LogP contribution in [0.1, 0.15) is 31.2 Å². The molecule has 1 aromatic carbocycles. The summed E-state index contributed by atoms with van der Waals surface area (Å²) in [5, 5.41) is 14.3. The average molecular weight is 310 g/mol. The SMILES string of the molecule is COc1ccc(CNC(=O)NCCCCCCO)cc1OC. The fourth-order valence-corrected chi connectivity index (χ4v) is 2.03. The van der Waals surface area contributed by atoms with E-state index in [1.807, 2.05) is 18.2 Å². The molecule has 0 saturated heterocycles. The van der Waals surface area contributed by atoms with E-state index in [0.29, 0.717) is 24.6 Å². The van der Waals surface area contributed by atoms with Crippen LogP contribution in [0.3, 0.4) is 0 Å². The van der Waals surface area contributed by atoms with Crippen molar-refractivity contribution >= 4 is 6.03 Å². The van der Waals surface area contributed by atoms with Gasteiger partial charge in [0, 0.05) is 19.7 Å². The van der Waals surface area contributed by atoms with Crippen LogP contribution in [0.4, 0.5) is 4.79 Å². The molecule has 0 aliphatic rings. The summed E-state index contributed by atoms with van der Waals surface area (Å²) in [5.41, 5.74) is 0.941. The van der Waals surface area contributed by atoms with Gasteiger partial charge in [-0.25, -0.2) is 4.79 Å². The molecule has 0 unspecified atom stereocenters. The van der Waals surface area contributed by atoms with Crippen LogP contribution in [0.15, 0.2) is 18.2 Å². The van der Waals surface area contributed by atoms with Crippen LogP contribution >= 0.6 is 0 Å². The van der Waals surface area contributed by atoms with E-state index in [2.05, 4.69) is 10.6 Å². The molecule has 2 amide bonds. The van der Waals surface area contributed by atoms with Gasteiger partial charge in [-0.1, -0.05) is 18.9 Å². The zero-order valence-electron chi connectivity index (χ0n) is 13.4. The number of benzene rings is 1. The summed E-state index contributed by atoms with van der Waals surface area (Å²) in [6.45, 7) is 1.30. The smallest absolute Gasteiger partial charge is 0.315 e. The van der Waals surface area contributed by atoms with Crippen molar-refractivity contribution in [3.63, 3.8) is 0 Å². The number of ether oxygens (including phenoxy) is 2. The number of carbonyl (C=O) groups excluding carboxylic acids is 1. The lowest BCUT2D eigenvalue weighted by Gasteiger charge is -2.11. The number of urea groups is 1. The van der Waals surface area contributed by atoms with Gasteiger partial charge in [-0.05, 0) is 30.5 Å². The van der Waals surface area contributed by atoms with Gasteiger partial charge >= 0.3 is 6.03 Å². The molecule has 22 heavy (non-hydrogen) atoms. The molecule has 0 radical (unpaired) electrons. The number of rotatable bonds is 10. The maximum atomic E-state index is 11.7. The Labute approximate surface area is 131 Å². The van der Waals surface area contributed by atoms with Gasteiger partial charge in [-0.2, -0.15) is 0 Å². The molecule has 0 aliphatic heterocycles. The first kappa shape index (κ1) is 18.1. The van der Waals surface area contributed by atoms with Crippen molar-refractivity contribution in [2.45, 2.75) is 32.2 Å². The van der Waals surface area contributed by atoms with E-state index in [9.17, 15) is 4.79 Å². The Kier molecular flexibility index (Phi) is 8.83. The van der Waals surface area contributed by atoms with Crippen molar-refractivity contribution in [2.24, 2.45) is 0 Å². The standard InChI is InChI=1S/C16H26N2O4/c1-21-14-8-7-13(11-15(14)22-2)12-18-16(20)17-9-5-3-4-6-10-19/h7-8,11,19H,3-6,9-10,12H2,1-2H3,(H2,17,18,20). The zero-order chi connectivity index (χ0) is 16.2. The van der Waals surface area contributed by atoms with Crippen LogP contribution in [0.5, 0.6) is 11.5 Å². The Hall–Kier alpha value is -1.95. The molecule has 0 heterocycles. The van der Waals surface area contributed by atoms with E-state index in [1.165, 1.54) is 0 Å². The third-order valence-electron chi connectivity index (χ3n) is 3.27. The molecule has 0 aliphatic carbocycles. The van der Waals surface area contributed by atoms with E-state index in [-0.39, 0.29) is 12.6 Å². The van der Waals surface area contributed by atoms with Gasteiger partial charge in [0.15, 0.2) is 11.5 Å². The van der Waals surface area contributed by atoms with E-state index < -0.39 is 0 Å². The van der Waals surface area contributed by atoms with Crippen LogP contribution in [-0.4, -0.2) is 38.5 Å². The lowest BCUT2D eigenvalue weighted by Crippen LogP contribution is -2.35. The van der Waals surface area contributed by atoms with Gasteiger partial charge in [-0.15, -0.1) is 0 Å². The van der Waals surface area contributed by atoms with Crippen molar-refractivity contribution in [1.29, 1.82) is 0 Å². The molecule has 124 valence electrons. The molecule has 1 rings (SSSR count). The predicted octanol–water partition coefficient (Wildman–Crippen LogP) is 2.06. The highest BCUT2D eigenvalue weighted by Gasteiger charge is 2.05. The number of methoxy groups -OCH3 is 2. The van der Waals surface area contributed by atoms with Crippen molar-refractivity contribution in [1.82, 2.24) is 10.6 Å². The van der Waals surface area contributed by atoms with Crippen LogP contribution in [-0.2, 0) is 6.54 Å². The molecule has 0 spiro atoms. The number of hydrogen-bond donors (Lipinski definition) is 3. The molecule has 0 bridgehead atoms. The summed E-state index contributed by atoms with van der Waals surface area (Å²) in [6, 6.07) is 5.36. The van der Waals surface area contributed by atoms with E-state index >= 15 is 0 Å². The second-order valence-electron chi connectivity index (χ2n) is 4.94. The van der Waals surface area contributed by atoms with Crippen LogP contribution in [0, 0.1) is 0 Å². The third-order valence-corrected chi connectivity index (χ3v) is 3.27. The number of nitrogens with one attached hydrogen (secondary N) is 2. The predicted molar refractivity (Wildman–Crippen MR) is 85.3 cm³/mol. The quantitative estimate of drug-likeness (QED) is 0.578. The summed E-state index contributed by atoms with van der Waals surface area (Å²) in [4.78, 5) is 11.7. The molecular formula is C16H26N2O4. The summed E-state index contributed by atoms with van der Waals surface area (Å²) >= 11 is 0. The van der Waals surface area contributed by atoms with Crippen molar-refractivity contribution in [3.05, 3.63) is 23.8 Å². The summed E-state index contributed by atoms with van der Waals surface area (Å²) in [5.74, 6) is 1.31. The van der Waals surface area contributed by atoms with E-state index in [4.69, 9.17) is 14.6 Å². The lowest BCUT2D eigenvalue weighted by atomic mass is 10.2. The van der Waals surface area contributed by atoms with E-state index in [0.717, 1.165) is 31.2 Å². The molecule has 6 nitrogen and oxygen atoms in total. The first-order valence-corrected chi connectivity index (χ1v) is 7.54. The molecule has 0 aromatic heterocycles. The molecule has 1 aromatic rings. The number of amides is 2. The molecular weight excluding hydrogens is 284 g/mol. The first-order valence-electron chi connectivity index (χ1n) is 7.54. The fraction of sp³-hybridized carbons (Fsp3) is 0.562. The van der Waals surface area contributed by atoms with Gasteiger partial charge in [0.25, 0.3) is 0 Å². The molecule has 3 N–H and O–H groups in total. The van der Waals surface area contributed by atoms with Gasteiger partial charge < -0.3 is 25.2 Å². The van der Waals surface area contributed by atoms with E-state index in [1.54, 1.807) is 14.2 Å². The van der Waals surface area contributed by atoms with Crippen LogP contribution in [0.25, 0.3) is 0 Å². The summed E-state index contributed by atoms with van der Waals surface area (Å²) in [6.07, 6.45) is 3.75. The number of aliphatic hydroxyl groups excluding tert-OH is 1. The topological polar surface area (TPSA) is 79.8 Å². The second kappa shape index (κ2) is 10.7. The minimum Gasteiger partial charge on any atom is -0.493 e. The Morgan fingerprint density at radius 2 is 1.77 bits per heavy atom. The minimum atomic E-state index is -0.183.